The molecule has 1 N–H and O–H groups in total. The molecular formula is C28H33FN2O4S. The quantitative estimate of drug-likeness (QED) is 0.300. The van der Waals surface area contributed by atoms with Gasteiger partial charge in [0.05, 0.1) is 30.0 Å². The lowest BCUT2D eigenvalue weighted by Crippen LogP contribution is -2.23. The number of ether oxygens (including phenoxy) is 2. The molecule has 0 saturated heterocycles. The third-order valence-corrected chi connectivity index (χ3v) is 7.64. The van der Waals surface area contributed by atoms with E-state index in [2.05, 4.69) is 6.07 Å². The van der Waals surface area contributed by atoms with Gasteiger partial charge in [0.25, 0.3) is 0 Å². The molecule has 0 atom stereocenters. The molecule has 2 aromatic carbocycles. The predicted octanol–water partition coefficient (Wildman–Crippen LogP) is 6.38. The second-order valence-electron chi connectivity index (χ2n) is 9.18. The van der Waals surface area contributed by atoms with Gasteiger partial charge in [0, 0.05) is 23.7 Å². The molecule has 1 saturated carbocycles. The first-order valence-electron chi connectivity index (χ1n) is 12.4. The molecule has 4 rings (SSSR count). The number of benzene rings is 2. The summed E-state index contributed by atoms with van der Waals surface area (Å²) >= 11 is 1.48. The van der Waals surface area contributed by atoms with Crippen molar-refractivity contribution >= 4 is 17.7 Å². The number of methoxy groups -OCH3 is 1. The van der Waals surface area contributed by atoms with Crippen LogP contribution in [-0.4, -0.2) is 46.9 Å². The molecule has 1 aliphatic carbocycles. The number of carbonyl (C=O) groups is 1. The van der Waals surface area contributed by atoms with Crippen molar-refractivity contribution in [2.24, 2.45) is 11.8 Å². The molecule has 0 spiro atoms. The monoisotopic (exact) mass is 512 g/mol. The molecule has 36 heavy (non-hydrogen) atoms. The van der Waals surface area contributed by atoms with Gasteiger partial charge in [0.2, 0.25) is 0 Å². The van der Waals surface area contributed by atoms with Gasteiger partial charge in [0.1, 0.15) is 18.2 Å². The highest BCUT2D eigenvalue weighted by Gasteiger charge is 2.25. The molecule has 0 aliphatic heterocycles. The SMILES string of the molecule is CCSc1c(F)cc(OC)cc1-c1cc(-c2ccccc2)nn1CC1CCC(COCC(=O)O)CC1. The van der Waals surface area contributed by atoms with Crippen molar-refractivity contribution in [3.8, 4) is 28.3 Å². The van der Waals surface area contributed by atoms with Gasteiger partial charge in [-0.1, -0.05) is 37.3 Å². The summed E-state index contributed by atoms with van der Waals surface area (Å²) in [6.07, 6.45) is 4.03. The van der Waals surface area contributed by atoms with Crippen LogP contribution in [0.3, 0.4) is 0 Å². The average molecular weight is 513 g/mol. The minimum Gasteiger partial charge on any atom is -0.497 e. The van der Waals surface area contributed by atoms with Crippen LogP contribution in [0.25, 0.3) is 22.5 Å². The lowest BCUT2D eigenvalue weighted by molar-refractivity contribution is -0.142. The van der Waals surface area contributed by atoms with Crippen LogP contribution in [0, 0.1) is 17.7 Å². The maximum absolute atomic E-state index is 15.1. The zero-order valence-corrected chi connectivity index (χ0v) is 21.6. The van der Waals surface area contributed by atoms with E-state index in [0.29, 0.717) is 29.1 Å². The number of thioether (sulfide) groups is 1. The smallest absolute Gasteiger partial charge is 0.329 e. The Balaban J connectivity index is 1.61. The largest absolute Gasteiger partial charge is 0.497 e. The molecule has 6 nitrogen and oxygen atoms in total. The summed E-state index contributed by atoms with van der Waals surface area (Å²) in [7, 11) is 1.55. The number of carboxylic acids is 1. The summed E-state index contributed by atoms with van der Waals surface area (Å²) in [6.45, 7) is 3.00. The molecule has 8 heteroatoms. The number of aliphatic carboxylic acids is 1. The van der Waals surface area contributed by atoms with E-state index in [9.17, 15) is 4.79 Å². The number of hydrogen-bond acceptors (Lipinski definition) is 5. The van der Waals surface area contributed by atoms with E-state index in [1.165, 1.54) is 17.8 Å². The van der Waals surface area contributed by atoms with Gasteiger partial charge < -0.3 is 14.6 Å². The van der Waals surface area contributed by atoms with E-state index < -0.39 is 5.97 Å². The topological polar surface area (TPSA) is 73.6 Å². The van der Waals surface area contributed by atoms with E-state index in [0.717, 1.165) is 60.5 Å². The van der Waals surface area contributed by atoms with Crippen LogP contribution >= 0.6 is 11.8 Å². The minimum atomic E-state index is -0.932. The van der Waals surface area contributed by atoms with E-state index in [-0.39, 0.29) is 12.4 Å². The number of rotatable bonds is 11. The molecule has 3 aromatic rings. The maximum Gasteiger partial charge on any atom is 0.329 e. The zero-order valence-electron chi connectivity index (χ0n) is 20.8. The number of aromatic nitrogens is 2. The standard InChI is InChI=1S/C28H33FN2O4S/c1-3-36-28-23(13-22(34-2)14-24(28)29)26-15-25(21-7-5-4-6-8-21)30-31(26)16-19-9-11-20(12-10-19)17-35-18-27(32)33/h4-8,13-15,19-20H,3,9-12,16-18H2,1-2H3,(H,32,33). The van der Waals surface area contributed by atoms with Crippen molar-refractivity contribution in [1.29, 1.82) is 0 Å². The summed E-state index contributed by atoms with van der Waals surface area (Å²) < 4.78 is 27.9. The Morgan fingerprint density at radius 1 is 1.14 bits per heavy atom. The van der Waals surface area contributed by atoms with Gasteiger partial charge >= 0.3 is 5.97 Å². The molecule has 1 aliphatic rings. The highest BCUT2D eigenvalue weighted by atomic mass is 32.2. The van der Waals surface area contributed by atoms with Gasteiger partial charge in [-0.3, -0.25) is 4.68 Å². The Labute approximate surface area is 215 Å². The number of carboxylic acid groups (broad SMARTS) is 1. The number of halogens is 1. The van der Waals surface area contributed by atoms with Crippen LogP contribution in [0.15, 0.2) is 53.4 Å². The first-order valence-corrected chi connectivity index (χ1v) is 13.4. The average Bonchev–Trinajstić information content (AvgIpc) is 3.30. The Kier molecular flexibility index (Phi) is 9.04. The van der Waals surface area contributed by atoms with Crippen molar-refractivity contribution in [1.82, 2.24) is 9.78 Å². The lowest BCUT2D eigenvalue weighted by atomic mass is 9.82. The van der Waals surface area contributed by atoms with Gasteiger partial charge in [-0.05, 0) is 55.4 Å². The Morgan fingerprint density at radius 3 is 2.53 bits per heavy atom. The number of nitrogens with zero attached hydrogens (tertiary/aromatic N) is 2. The predicted molar refractivity (Wildman–Crippen MR) is 140 cm³/mol. The van der Waals surface area contributed by atoms with Crippen LogP contribution < -0.4 is 4.74 Å². The van der Waals surface area contributed by atoms with Crippen LogP contribution in [0.5, 0.6) is 5.75 Å². The van der Waals surface area contributed by atoms with Crippen LogP contribution in [-0.2, 0) is 16.1 Å². The maximum atomic E-state index is 15.1. The number of hydrogen-bond donors (Lipinski definition) is 1. The lowest BCUT2D eigenvalue weighted by Gasteiger charge is -2.28. The fourth-order valence-electron chi connectivity index (χ4n) is 4.83. The summed E-state index contributed by atoms with van der Waals surface area (Å²) in [5.41, 5.74) is 3.56. The second-order valence-corrected chi connectivity index (χ2v) is 10.5. The van der Waals surface area contributed by atoms with Crippen molar-refractivity contribution in [3.05, 3.63) is 54.3 Å². The first-order chi connectivity index (χ1) is 17.5. The molecule has 0 radical (unpaired) electrons. The summed E-state index contributed by atoms with van der Waals surface area (Å²) in [6, 6.07) is 15.4. The highest BCUT2D eigenvalue weighted by molar-refractivity contribution is 7.99. The van der Waals surface area contributed by atoms with Gasteiger partial charge in [0.15, 0.2) is 0 Å². The molecule has 192 valence electrons. The Hall–Kier alpha value is -2.84. The van der Waals surface area contributed by atoms with E-state index in [4.69, 9.17) is 19.7 Å². The van der Waals surface area contributed by atoms with Crippen molar-refractivity contribution in [2.45, 2.75) is 44.0 Å². The van der Waals surface area contributed by atoms with Crippen molar-refractivity contribution < 1.29 is 23.8 Å². The molecular weight excluding hydrogens is 479 g/mol. The fraction of sp³-hybridized carbons (Fsp3) is 0.429. The zero-order chi connectivity index (χ0) is 25.5. The molecule has 1 aromatic heterocycles. The van der Waals surface area contributed by atoms with Crippen molar-refractivity contribution in [2.75, 3.05) is 26.1 Å². The van der Waals surface area contributed by atoms with Gasteiger partial charge in [-0.15, -0.1) is 11.8 Å². The third kappa shape index (κ3) is 6.48. The highest BCUT2D eigenvalue weighted by Crippen LogP contribution is 2.39. The second kappa shape index (κ2) is 12.4. The van der Waals surface area contributed by atoms with E-state index >= 15 is 4.39 Å². The van der Waals surface area contributed by atoms with Gasteiger partial charge in [-0.25, -0.2) is 9.18 Å². The Morgan fingerprint density at radius 2 is 1.86 bits per heavy atom. The van der Waals surface area contributed by atoms with E-state index in [1.807, 2.05) is 48.0 Å². The summed E-state index contributed by atoms with van der Waals surface area (Å²) in [4.78, 5) is 11.3. The molecule has 1 fully saturated rings. The molecule has 0 bridgehead atoms. The normalized spacial score (nSPS) is 17.8. The Bertz CT molecular complexity index is 1160. The summed E-state index contributed by atoms with van der Waals surface area (Å²) in [5.74, 6) is 0.840. The fourth-order valence-corrected chi connectivity index (χ4v) is 5.63. The third-order valence-electron chi connectivity index (χ3n) is 6.64. The van der Waals surface area contributed by atoms with Crippen molar-refractivity contribution in [3.63, 3.8) is 0 Å². The van der Waals surface area contributed by atoms with E-state index in [1.54, 1.807) is 7.11 Å². The van der Waals surface area contributed by atoms with Crippen LogP contribution in [0.1, 0.15) is 32.6 Å². The van der Waals surface area contributed by atoms with Crippen LogP contribution in [0.4, 0.5) is 4.39 Å². The molecule has 1 heterocycles. The first kappa shape index (κ1) is 26.2. The summed E-state index contributed by atoms with van der Waals surface area (Å²) in [5, 5.41) is 13.8. The van der Waals surface area contributed by atoms with Gasteiger partial charge in [-0.2, -0.15) is 5.10 Å². The van der Waals surface area contributed by atoms with Crippen LogP contribution in [0.2, 0.25) is 0 Å². The minimum absolute atomic E-state index is 0.242. The molecule has 0 unspecified atom stereocenters. The molecule has 0 amide bonds.